The van der Waals surface area contributed by atoms with Gasteiger partial charge in [-0.25, -0.2) is 4.79 Å². The maximum Gasteiger partial charge on any atom is 0.407 e. The van der Waals surface area contributed by atoms with Crippen molar-refractivity contribution in [2.24, 2.45) is 0 Å². The molecule has 4 nitrogen and oxygen atoms in total. The van der Waals surface area contributed by atoms with Crippen LogP contribution in [0.3, 0.4) is 0 Å². The van der Waals surface area contributed by atoms with Crippen molar-refractivity contribution in [3.8, 4) is 11.1 Å². The number of carbonyl (C=O) groups excluding carboxylic acids is 1. The van der Waals surface area contributed by atoms with Crippen molar-refractivity contribution in [2.75, 3.05) is 13.2 Å². The van der Waals surface area contributed by atoms with E-state index in [1.54, 1.807) is 6.92 Å². The average Bonchev–Trinajstić information content (AvgIpc) is 3.05. The van der Waals surface area contributed by atoms with Gasteiger partial charge in [-0.2, -0.15) is 0 Å². The van der Waals surface area contributed by atoms with Crippen LogP contribution in [0.1, 0.15) is 29.5 Å². The number of benzene rings is 3. The molecule has 0 radical (unpaired) electrons. The summed E-state index contributed by atoms with van der Waals surface area (Å²) in [6.07, 6.45) is -0.542. The lowest BCUT2D eigenvalue weighted by atomic mass is 9.96. The fourth-order valence-electron chi connectivity index (χ4n) is 3.89. The number of carbonyl (C=O) groups is 1. The second-order valence-corrected chi connectivity index (χ2v) is 8.29. The third-order valence-corrected chi connectivity index (χ3v) is 6.07. The van der Waals surface area contributed by atoms with E-state index in [0.717, 1.165) is 4.47 Å². The summed E-state index contributed by atoms with van der Waals surface area (Å²) < 4.78 is 6.32. The molecular formula is C24H22BrNO3. The first-order chi connectivity index (χ1) is 14.0. The SMILES string of the molecule is CC(O)(CNC(=O)OCC1c2ccccc2-c2ccccc21)c1ccccc1Br. The van der Waals surface area contributed by atoms with E-state index < -0.39 is 11.7 Å². The molecule has 1 unspecified atom stereocenters. The molecule has 0 saturated carbocycles. The summed E-state index contributed by atoms with van der Waals surface area (Å²) >= 11 is 3.44. The Labute approximate surface area is 178 Å². The van der Waals surface area contributed by atoms with Crippen molar-refractivity contribution < 1.29 is 14.6 Å². The molecule has 29 heavy (non-hydrogen) atoms. The van der Waals surface area contributed by atoms with Gasteiger partial charge in [-0.3, -0.25) is 0 Å². The minimum atomic E-state index is -1.22. The van der Waals surface area contributed by atoms with Crippen LogP contribution < -0.4 is 5.32 Å². The van der Waals surface area contributed by atoms with Gasteiger partial charge in [-0.1, -0.05) is 82.7 Å². The second-order valence-electron chi connectivity index (χ2n) is 7.43. The largest absolute Gasteiger partial charge is 0.449 e. The van der Waals surface area contributed by atoms with Crippen LogP contribution in [-0.2, 0) is 10.3 Å². The summed E-state index contributed by atoms with van der Waals surface area (Å²) in [7, 11) is 0. The van der Waals surface area contributed by atoms with E-state index >= 15 is 0 Å². The summed E-state index contributed by atoms with van der Waals surface area (Å²) in [5.74, 6) is 0.0110. The average molecular weight is 452 g/mol. The Balaban J connectivity index is 1.41. The lowest BCUT2D eigenvalue weighted by molar-refractivity contribution is 0.0527. The molecule has 0 bridgehead atoms. The van der Waals surface area contributed by atoms with E-state index in [2.05, 4.69) is 45.5 Å². The number of amides is 1. The summed E-state index contributed by atoms with van der Waals surface area (Å²) in [5, 5.41) is 13.4. The minimum absolute atomic E-state index is 0.0110. The molecule has 0 heterocycles. The highest BCUT2D eigenvalue weighted by Crippen LogP contribution is 2.44. The third kappa shape index (κ3) is 3.93. The number of hydrogen-bond acceptors (Lipinski definition) is 3. The standard InChI is InChI=1S/C24H22BrNO3/c1-24(28,21-12-6-7-13-22(21)25)15-26-23(27)29-14-20-18-10-4-2-8-16(18)17-9-3-5-11-19(17)20/h2-13,20,28H,14-15H2,1H3,(H,26,27). The Morgan fingerprint density at radius 1 is 1.00 bits per heavy atom. The maximum absolute atomic E-state index is 12.3. The topological polar surface area (TPSA) is 58.6 Å². The Morgan fingerprint density at radius 3 is 2.17 bits per heavy atom. The molecule has 5 heteroatoms. The molecular weight excluding hydrogens is 430 g/mol. The van der Waals surface area contributed by atoms with Crippen molar-refractivity contribution in [1.29, 1.82) is 0 Å². The number of alkyl carbamates (subject to hydrolysis) is 1. The number of hydrogen-bond donors (Lipinski definition) is 2. The highest BCUT2D eigenvalue weighted by atomic mass is 79.9. The second kappa shape index (κ2) is 8.01. The fraction of sp³-hybridized carbons (Fsp3) is 0.208. The molecule has 2 N–H and O–H groups in total. The van der Waals surface area contributed by atoms with Gasteiger partial charge in [0.25, 0.3) is 0 Å². The Morgan fingerprint density at radius 2 is 1.55 bits per heavy atom. The van der Waals surface area contributed by atoms with Gasteiger partial charge in [0.1, 0.15) is 12.2 Å². The van der Waals surface area contributed by atoms with Crippen LogP contribution in [0.2, 0.25) is 0 Å². The quantitative estimate of drug-likeness (QED) is 0.560. The van der Waals surface area contributed by atoms with Crippen molar-refractivity contribution in [1.82, 2.24) is 5.32 Å². The van der Waals surface area contributed by atoms with Crippen LogP contribution in [-0.4, -0.2) is 24.4 Å². The summed E-state index contributed by atoms with van der Waals surface area (Å²) in [5.41, 5.74) is 4.20. The summed E-state index contributed by atoms with van der Waals surface area (Å²) in [6.45, 7) is 1.96. The molecule has 1 amide bonds. The highest BCUT2D eigenvalue weighted by Gasteiger charge is 2.30. The zero-order chi connectivity index (χ0) is 20.4. The van der Waals surface area contributed by atoms with Crippen LogP contribution in [0.25, 0.3) is 11.1 Å². The van der Waals surface area contributed by atoms with Gasteiger partial charge in [0.05, 0.1) is 6.54 Å². The number of fused-ring (bicyclic) bond motifs is 3. The molecule has 1 atom stereocenters. The van der Waals surface area contributed by atoms with Crippen LogP contribution >= 0.6 is 15.9 Å². The van der Waals surface area contributed by atoms with Gasteiger partial charge < -0.3 is 15.2 Å². The normalized spacial score (nSPS) is 14.6. The van der Waals surface area contributed by atoms with Crippen LogP contribution in [0.15, 0.2) is 77.3 Å². The number of ether oxygens (including phenoxy) is 1. The lowest BCUT2D eigenvalue weighted by Gasteiger charge is -2.25. The van der Waals surface area contributed by atoms with Gasteiger partial charge in [-0.05, 0) is 40.8 Å². The van der Waals surface area contributed by atoms with E-state index in [0.29, 0.717) is 5.56 Å². The molecule has 1 aliphatic carbocycles. The Hall–Kier alpha value is -2.63. The number of aliphatic hydroxyl groups is 1. The van der Waals surface area contributed by atoms with Crippen LogP contribution in [0, 0.1) is 0 Å². The van der Waals surface area contributed by atoms with Crippen molar-refractivity contribution in [3.63, 3.8) is 0 Å². The van der Waals surface area contributed by atoms with Gasteiger partial charge in [0, 0.05) is 10.4 Å². The van der Waals surface area contributed by atoms with Gasteiger partial charge in [0.15, 0.2) is 0 Å². The van der Waals surface area contributed by atoms with Gasteiger partial charge in [-0.15, -0.1) is 0 Å². The van der Waals surface area contributed by atoms with Crippen LogP contribution in [0.4, 0.5) is 4.79 Å². The van der Waals surface area contributed by atoms with Gasteiger partial charge >= 0.3 is 6.09 Å². The zero-order valence-corrected chi connectivity index (χ0v) is 17.6. The van der Waals surface area contributed by atoms with E-state index in [1.165, 1.54) is 22.3 Å². The van der Waals surface area contributed by atoms with Crippen molar-refractivity contribution >= 4 is 22.0 Å². The van der Waals surface area contributed by atoms with Crippen molar-refractivity contribution in [2.45, 2.75) is 18.4 Å². The lowest BCUT2D eigenvalue weighted by Crippen LogP contribution is -2.39. The first-order valence-corrected chi connectivity index (χ1v) is 10.3. The molecule has 3 aromatic carbocycles. The van der Waals surface area contributed by atoms with E-state index in [9.17, 15) is 9.90 Å². The highest BCUT2D eigenvalue weighted by molar-refractivity contribution is 9.10. The van der Waals surface area contributed by atoms with E-state index in [-0.39, 0.29) is 19.1 Å². The molecule has 0 fully saturated rings. The zero-order valence-electron chi connectivity index (χ0n) is 16.1. The summed E-state index contributed by atoms with van der Waals surface area (Å²) in [6, 6.07) is 23.8. The molecule has 0 aromatic heterocycles. The first kappa shape index (κ1) is 19.7. The van der Waals surface area contributed by atoms with E-state index in [4.69, 9.17) is 4.74 Å². The minimum Gasteiger partial charge on any atom is -0.449 e. The third-order valence-electron chi connectivity index (χ3n) is 5.37. The Kier molecular flexibility index (Phi) is 5.43. The smallest absolute Gasteiger partial charge is 0.407 e. The molecule has 0 spiro atoms. The Bertz CT molecular complexity index is 1000. The molecule has 148 valence electrons. The molecule has 3 aromatic rings. The molecule has 1 aliphatic rings. The van der Waals surface area contributed by atoms with Crippen LogP contribution in [0.5, 0.6) is 0 Å². The van der Waals surface area contributed by atoms with Crippen molar-refractivity contribution in [3.05, 3.63) is 94.0 Å². The summed E-state index contributed by atoms with van der Waals surface area (Å²) in [4.78, 5) is 12.3. The van der Waals surface area contributed by atoms with E-state index in [1.807, 2.05) is 48.5 Å². The number of halogens is 1. The fourth-order valence-corrected chi connectivity index (χ4v) is 4.60. The number of rotatable bonds is 5. The molecule has 0 saturated heterocycles. The number of nitrogens with one attached hydrogen (secondary N) is 1. The molecule has 4 rings (SSSR count). The monoisotopic (exact) mass is 451 g/mol. The molecule has 0 aliphatic heterocycles. The van der Waals surface area contributed by atoms with Gasteiger partial charge in [0.2, 0.25) is 0 Å². The predicted octanol–water partition coefficient (Wildman–Crippen LogP) is 5.20. The first-order valence-electron chi connectivity index (χ1n) is 9.53. The maximum atomic E-state index is 12.3. The predicted molar refractivity (Wildman–Crippen MR) is 117 cm³/mol.